The largest absolute Gasteiger partial charge is 0.309 e. The van der Waals surface area contributed by atoms with Gasteiger partial charge in [-0.05, 0) is 18.1 Å². The van der Waals surface area contributed by atoms with Crippen molar-refractivity contribution in [2.75, 3.05) is 17.2 Å². The van der Waals surface area contributed by atoms with Crippen LogP contribution in [0.4, 0.5) is 10.1 Å². The Bertz CT molecular complexity index is 523. The van der Waals surface area contributed by atoms with Gasteiger partial charge < -0.3 is 4.90 Å². The summed E-state index contributed by atoms with van der Waals surface area (Å²) in [5, 5.41) is 0.0340. The number of benzene rings is 1. The molecule has 0 N–H and O–H groups in total. The summed E-state index contributed by atoms with van der Waals surface area (Å²) in [5.74, 6) is -0.0489. The number of amides is 1. The second kappa shape index (κ2) is 5.92. The highest BCUT2D eigenvalue weighted by Gasteiger charge is 2.32. The smallest absolute Gasteiger partial charge is 0.227 e. The van der Waals surface area contributed by atoms with Gasteiger partial charge in [0.25, 0.3) is 0 Å². The first-order chi connectivity index (χ1) is 8.99. The highest BCUT2D eigenvalue weighted by molar-refractivity contribution is 8.13. The Morgan fingerprint density at radius 1 is 1.58 bits per heavy atom. The van der Waals surface area contributed by atoms with E-state index in [-0.39, 0.29) is 27.7 Å². The van der Waals surface area contributed by atoms with Crippen molar-refractivity contribution in [1.29, 1.82) is 0 Å². The number of halogens is 2. The number of carbonyl (C=O) groups excluding carboxylic acids is 2. The van der Waals surface area contributed by atoms with E-state index in [1.807, 2.05) is 0 Å². The van der Waals surface area contributed by atoms with E-state index in [9.17, 15) is 14.0 Å². The van der Waals surface area contributed by atoms with E-state index < -0.39 is 5.82 Å². The quantitative estimate of drug-likeness (QED) is 0.861. The molecule has 1 aliphatic heterocycles. The van der Waals surface area contributed by atoms with Gasteiger partial charge in [-0.2, -0.15) is 0 Å². The first-order valence-electron chi connectivity index (χ1n) is 5.86. The fraction of sp³-hybridized carbons (Fsp3) is 0.385. The van der Waals surface area contributed by atoms with Crippen molar-refractivity contribution in [2.45, 2.75) is 13.3 Å². The SMILES string of the molecule is CC(=O)SCC1CC(=O)N(c2cccc(Cl)c2F)C1. The number of hydrogen-bond acceptors (Lipinski definition) is 3. The fourth-order valence-electron chi connectivity index (χ4n) is 2.06. The molecule has 1 unspecified atom stereocenters. The highest BCUT2D eigenvalue weighted by Crippen LogP contribution is 2.31. The summed E-state index contributed by atoms with van der Waals surface area (Å²) in [5.41, 5.74) is 0.216. The van der Waals surface area contributed by atoms with Crippen molar-refractivity contribution in [3.05, 3.63) is 29.0 Å². The summed E-state index contributed by atoms with van der Waals surface area (Å²) in [4.78, 5) is 24.2. The predicted octanol–water partition coefficient (Wildman–Crippen LogP) is 3.11. The third-order valence-electron chi connectivity index (χ3n) is 2.95. The van der Waals surface area contributed by atoms with Gasteiger partial charge in [0, 0.05) is 25.6 Å². The number of hydrogen-bond donors (Lipinski definition) is 0. The topological polar surface area (TPSA) is 37.4 Å². The van der Waals surface area contributed by atoms with Crippen molar-refractivity contribution >= 4 is 40.1 Å². The molecule has 1 saturated heterocycles. The Hall–Kier alpha value is -1.07. The van der Waals surface area contributed by atoms with Crippen LogP contribution in [0, 0.1) is 11.7 Å². The molecule has 1 amide bonds. The van der Waals surface area contributed by atoms with Gasteiger partial charge in [-0.25, -0.2) is 4.39 Å². The lowest BCUT2D eigenvalue weighted by atomic mass is 10.1. The van der Waals surface area contributed by atoms with Crippen LogP contribution in [0.1, 0.15) is 13.3 Å². The molecule has 1 atom stereocenters. The van der Waals surface area contributed by atoms with Crippen LogP contribution in [-0.2, 0) is 9.59 Å². The predicted molar refractivity (Wildman–Crippen MR) is 75.0 cm³/mol. The van der Waals surface area contributed by atoms with Crippen LogP contribution in [0.25, 0.3) is 0 Å². The highest BCUT2D eigenvalue weighted by atomic mass is 35.5. The van der Waals surface area contributed by atoms with Crippen LogP contribution >= 0.6 is 23.4 Å². The zero-order valence-electron chi connectivity index (χ0n) is 10.4. The molecule has 0 radical (unpaired) electrons. The molecule has 3 nitrogen and oxygen atoms in total. The van der Waals surface area contributed by atoms with Gasteiger partial charge >= 0.3 is 0 Å². The molecule has 6 heteroatoms. The van der Waals surface area contributed by atoms with Gasteiger partial charge in [-0.3, -0.25) is 9.59 Å². The molecule has 2 rings (SSSR count). The van der Waals surface area contributed by atoms with Gasteiger partial charge in [0.1, 0.15) is 0 Å². The normalized spacial score (nSPS) is 19.0. The van der Waals surface area contributed by atoms with Crippen LogP contribution in [0.3, 0.4) is 0 Å². The van der Waals surface area contributed by atoms with Crippen LogP contribution in [0.15, 0.2) is 18.2 Å². The minimum atomic E-state index is -0.572. The van der Waals surface area contributed by atoms with Gasteiger partial charge in [-0.15, -0.1) is 0 Å². The summed E-state index contributed by atoms with van der Waals surface area (Å²) in [6.07, 6.45) is 0.340. The molecule has 1 aromatic rings. The van der Waals surface area contributed by atoms with Crippen LogP contribution in [0.5, 0.6) is 0 Å². The summed E-state index contributed by atoms with van der Waals surface area (Å²) in [7, 11) is 0. The van der Waals surface area contributed by atoms with Crippen molar-refractivity contribution < 1.29 is 14.0 Å². The summed E-state index contributed by atoms with van der Waals surface area (Å²) < 4.78 is 13.9. The van der Waals surface area contributed by atoms with E-state index in [1.165, 1.54) is 29.7 Å². The first kappa shape index (κ1) is 14.3. The maximum Gasteiger partial charge on any atom is 0.227 e. The zero-order chi connectivity index (χ0) is 14.0. The molecule has 1 fully saturated rings. The van der Waals surface area contributed by atoms with E-state index >= 15 is 0 Å². The van der Waals surface area contributed by atoms with Crippen LogP contribution in [0.2, 0.25) is 5.02 Å². The molecule has 0 spiro atoms. The fourth-order valence-corrected chi connectivity index (χ4v) is 2.93. The summed E-state index contributed by atoms with van der Waals surface area (Å²) >= 11 is 6.91. The zero-order valence-corrected chi connectivity index (χ0v) is 11.9. The molecule has 0 aromatic heterocycles. The van der Waals surface area contributed by atoms with E-state index in [0.29, 0.717) is 18.7 Å². The summed E-state index contributed by atoms with van der Waals surface area (Å²) in [6.45, 7) is 1.92. The Kier molecular flexibility index (Phi) is 4.47. The van der Waals surface area contributed by atoms with Crippen molar-refractivity contribution in [1.82, 2.24) is 0 Å². The molecule has 1 aromatic carbocycles. The van der Waals surface area contributed by atoms with Gasteiger partial charge in [0.15, 0.2) is 10.9 Å². The number of anilines is 1. The van der Waals surface area contributed by atoms with Gasteiger partial charge in [-0.1, -0.05) is 29.4 Å². The van der Waals surface area contributed by atoms with E-state index in [0.717, 1.165) is 0 Å². The number of carbonyl (C=O) groups is 2. The minimum absolute atomic E-state index is 0.00635. The van der Waals surface area contributed by atoms with Gasteiger partial charge in [0.05, 0.1) is 10.7 Å². The monoisotopic (exact) mass is 301 g/mol. The molecule has 1 heterocycles. The Morgan fingerprint density at radius 2 is 2.32 bits per heavy atom. The number of thioether (sulfide) groups is 1. The second-order valence-electron chi connectivity index (χ2n) is 4.45. The minimum Gasteiger partial charge on any atom is -0.309 e. The molecular formula is C13H13ClFNO2S. The molecular weight excluding hydrogens is 289 g/mol. The lowest BCUT2D eigenvalue weighted by Gasteiger charge is -2.17. The molecule has 19 heavy (non-hydrogen) atoms. The number of nitrogens with zero attached hydrogens (tertiary/aromatic N) is 1. The standard InChI is InChI=1S/C13H13ClFNO2S/c1-8(17)19-7-9-5-12(18)16(6-9)11-4-2-3-10(14)13(11)15/h2-4,9H,5-7H2,1H3. The maximum atomic E-state index is 13.9. The van der Waals surface area contributed by atoms with Crippen LogP contribution in [-0.4, -0.2) is 23.3 Å². The lowest BCUT2D eigenvalue weighted by molar-refractivity contribution is -0.117. The summed E-state index contributed by atoms with van der Waals surface area (Å²) in [6, 6.07) is 4.61. The third kappa shape index (κ3) is 3.28. The van der Waals surface area contributed by atoms with Crippen molar-refractivity contribution in [3.8, 4) is 0 Å². The Labute approximate surface area is 120 Å². The van der Waals surface area contributed by atoms with Crippen molar-refractivity contribution in [3.63, 3.8) is 0 Å². The van der Waals surface area contributed by atoms with Gasteiger partial charge in [0.2, 0.25) is 5.91 Å². The van der Waals surface area contributed by atoms with Crippen LogP contribution < -0.4 is 4.90 Å². The first-order valence-corrected chi connectivity index (χ1v) is 7.23. The third-order valence-corrected chi connectivity index (χ3v) is 4.29. The lowest BCUT2D eigenvalue weighted by Crippen LogP contribution is -2.25. The average molecular weight is 302 g/mol. The molecule has 0 saturated carbocycles. The van der Waals surface area contributed by atoms with E-state index in [4.69, 9.17) is 11.6 Å². The Morgan fingerprint density at radius 3 is 3.00 bits per heavy atom. The van der Waals surface area contributed by atoms with Crippen molar-refractivity contribution in [2.24, 2.45) is 5.92 Å². The molecule has 0 aliphatic carbocycles. The Balaban J connectivity index is 2.11. The second-order valence-corrected chi connectivity index (χ2v) is 6.05. The van der Waals surface area contributed by atoms with E-state index in [1.54, 1.807) is 12.1 Å². The molecule has 0 bridgehead atoms. The molecule has 102 valence electrons. The molecule has 1 aliphatic rings. The van der Waals surface area contributed by atoms with E-state index in [2.05, 4.69) is 0 Å². The average Bonchev–Trinajstić information content (AvgIpc) is 2.71. The maximum absolute atomic E-state index is 13.9. The number of rotatable bonds is 3.